The number of aliphatic hydroxyl groups is 1. The Balaban J connectivity index is 1.96. The average molecular weight is 282 g/mol. The topological polar surface area (TPSA) is 35.5 Å². The molecule has 0 amide bonds. The minimum absolute atomic E-state index is 0.0641. The number of hydrogen-bond donors (Lipinski definition) is 2. The molecule has 2 rings (SSSR count). The zero-order valence-electron chi connectivity index (χ0n) is 11.0. The van der Waals surface area contributed by atoms with Gasteiger partial charge >= 0.3 is 0 Å². The van der Waals surface area contributed by atoms with Gasteiger partial charge in [0.15, 0.2) is 5.11 Å². The summed E-state index contributed by atoms with van der Waals surface area (Å²) in [5.41, 5.74) is 0.753. The molecule has 1 aliphatic rings. The molecule has 0 aromatic heterocycles. The number of hydrogen-bond acceptors (Lipinski definition) is 2. The molecule has 3 nitrogen and oxygen atoms in total. The summed E-state index contributed by atoms with van der Waals surface area (Å²) in [7, 11) is 1.89. The van der Waals surface area contributed by atoms with Crippen LogP contribution in [0.2, 0.25) is 0 Å². The molecule has 1 saturated carbocycles. The number of aliphatic hydroxyl groups excluding tert-OH is 1. The Morgan fingerprint density at radius 3 is 2.58 bits per heavy atom. The molecule has 19 heavy (non-hydrogen) atoms. The Hall–Kier alpha value is -1.20. The van der Waals surface area contributed by atoms with E-state index in [-0.39, 0.29) is 18.0 Å². The molecule has 104 valence electrons. The van der Waals surface area contributed by atoms with E-state index >= 15 is 0 Å². The Bertz CT molecular complexity index is 438. The lowest BCUT2D eigenvalue weighted by molar-refractivity contribution is 0.0602. The van der Waals surface area contributed by atoms with Gasteiger partial charge in [-0.25, -0.2) is 4.39 Å². The summed E-state index contributed by atoms with van der Waals surface area (Å²) in [6.07, 6.45) is 3.64. The molecule has 0 bridgehead atoms. The first-order valence-electron chi connectivity index (χ1n) is 6.55. The van der Waals surface area contributed by atoms with Crippen molar-refractivity contribution < 1.29 is 9.50 Å². The molecule has 2 N–H and O–H groups in total. The largest absolute Gasteiger partial charge is 0.391 e. The number of nitrogens with zero attached hydrogens (tertiary/aromatic N) is 1. The molecular weight excluding hydrogens is 263 g/mol. The number of anilines is 1. The second-order valence-electron chi connectivity index (χ2n) is 4.97. The van der Waals surface area contributed by atoms with Crippen LogP contribution in [-0.4, -0.2) is 34.3 Å². The van der Waals surface area contributed by atoms with Gasteiger partial charge in [0, 0.05) is 12.7 Å². The minimum Gasteiger partial charge on any atom is -0.391 e. The Kier molecular flexibility index (Phi) is 4.71. The summed E-state index contributed by atoms with van der Waals surface area (Å²) in [6.45, 7) is 0. The number of nitrogens with one attached hydrogen (secondary N) is 1. The lowest BCUT2D eigenvalue weighted by atomic mass is 9.92. The molecule has 5 heteroatoms. The van der Waals surface area contributed by atoms with Crippen LogP contribution < -0.4 is 5.32 Å². The van der Waals surface area contributed by atoms with Crippen LogP contribution in [0.4, 0.5) is 10.1 Å². The number of likely N-dealkylation sites (N-methyl/N-ethyl adjacent to an activating group) is 1. The third kappa shape index (κ3) is 3.64. The van der Waals surface area contributed by atoms with E-state index in [4.69, 9.17) is 12.2 Å². The van der Waals surface area contributed by atoms with Crippen molar-refractivity contribution in [1.29, 1.82) is 0 Å². The van der Waals surface area contributed by atoms with Gasteiger partial charge < -0.3 is 15.3 Å². The third-order valence-electron chi connectivity index (χ3n) is 3.61. The van der Waals surface area contributed by atoms with Gasteiger partial charge in [0.2, 0.25) is 0 Å². The fraction of sp³-hybridized carbons (Fsp3) is 0.500. The Labute approximate surface area is 118 Å². The summed E-state index contributed by atoms with van der Waals surface area (Å²) in [4.78, 5) is 1.91. The van der Waals surface area contributed by atoms with Gasteiger partial charge in [-0.05, 0) is 49.3 Å². The van der Waals surface area contributed by atoms with E-state index in [9.17, 15) is 9.50 Å². The summed E-state index contributed by atoms with van der Waals surface area (Å²) >= 11 is 5.34. The quantitative estimate of drug-likeness (QED) is 0.818. The monoisotopic (exact) mass is 282 g/mol. The van der Waals surface area contributed by atoms with Crippen molar-refractivity contribution in [1.82, 2.24) is 4.90 Å². The first kappa shape index (κ1) is 14.2. The minimum atomic E-state index is -0.327. The molecule has 0 heterocycles. The van der Waals surface area contributed by atoms with Crippen molar-refractivity contribution in [2.75, 3.05) is 12.4 Å². The molecular formula is C14H19FN2OS. The average Bonchev–Trinajstić information content (AvgIpc) is 2.41. The van der Waals surface area contributed by atoms with Crippen molar-refractivity contribution in [3.63, 3.8) is 0 Å². The Morgan fingerprint density at radius 1 is 1.32 bits per heavy atom. The maximum absolute atomic E-state index is 12.8. The highest BCUT2D eigenvalue weighted by Crippen LogP contribution is 2.23. The second-order valence-corrected chi connectivity index (χ2v) is 5.35. The van der Waals surface area contributed by atoms with E-state index in [1.165, 1.54) is 12.1 Å². The fourth-order valence-corrected chi connectivity index (χ4v) is 2.69. The molecule has 0 spiro atoms. The van der Waals surface area contributed by atoms with E-state index < -0.39 is 0 Å². The molecule has 0 radical (unpaired) electrons. The van der Waals surface area contributed by atoms with Crippen LogP contribution in [0.25, 0.3) is 0 Å². The second kappa shape index (κ2) is 6.30. The van der Waals surface area contributed by atoms with Gasteiger partial charge in [-0.15, -0.1) is 0 Å². The van der Waals surface area contributed by atoms with Gasteiger partial charge in [0.25, 0.3) is 0 Å². The zero-order chi connectivity index (χ0) is 13.8. The normalized spacial score (nSPS) is 22.9. The predicted octanol–water partition coefficient (Wildman–Crippen LogP) is 2.76. The Morgan fingerprint density at radius 2 is 1.95 bits per heavy atom. The molecule has 0 saturated heterocycles. The maximum atomic E-state index is 12.8. The number of rotatable bonds is 2. The van der Waals surface area contributed by atoms with Gasteiger partial charge in [0.1, 0.15) is 5.82 Å². The van der Waals surface area contributed by atoms with E-state index in [0.29, 0.717) is 5.11 Å². The third-order valence-corrected chi connectivity index (χ3v) is 4.00. The number of halogens is 1. The van der Waals surface area contributed by atoms with Crippen LogP contribution in [0.1, 0.15) is 25.7 Å². The van der Waals surface area contributed by atoms with E-state index in [1.807, 2.05) is 11.9 Å². The van der Waals surface area contributed by atoms with Crippen molar-refractivity contribution in [2.24, 2.45) is 0 Å². The highest BCUT2D eigenvalue weighted by atomic mass is 32.1. The SMILES string of the molecule is CN(C(=S)Nc1ccc(F)cc1)[C@@H]1CCCC[C@H]1O. The van der Waals surface area contributed by atoms with Crippen molar-refractivity contribution >= 4 is 23.0 Å². The predicted molar refractivity (Wildman–Crippen MR) is 78.6 cm³/mol. The highest BCUT2D eigenvalue weighted by Gasteiger charge is 2.27. The van der Waals surface area contributed by atoms with Gasteiger partial charge in [0.05, 0.1) is 12.1 Å². The van der Waals surface area contributed by atoms with Crippen LogP contribution in [0, 0.1) is 5.82 Å². The van der Waals surface area contributed by atoms with Crippen LogP contribution in [0.3, 0.4) is 0 Å². The van der Waals surface area contributed by atoms with Crippen LogP contribution in [0.5, 0.6) is 0 Å². The van der Waals surface area contributed by atoms with Crippen LogP contribution in [-0.2, 0) is 0 Å². The van der Waals surface area contributed by atoms with E-state index in [1.54, 1.807) is 12.1 Å². The van der Waals surface area contributed by atoms with Crippen LogP contribution >= 0.6 is 12.2 Å². The van der Waals surface area contributed by atoms with Crippen molar-refractivity contribution in [2.45, 2.75) is 37.8 Å². The highest BCUT2D eigenvalue weighted by molar-refractivity contribution is 7.80. The first-order valence-corrected chi connectivity index (χ1v) is 6.96. The summed E-state index contributed by atoms with van der Waals surface area (Å²) in [5, 5.41) is 13.6. The van der Waals surface area contributed by atoms with E-state index in [2.05, 4.69) is 5.32 Å². The first-order chi connectivity index (χ1) is 9.08. The molecule has 1 fully saturated rings. The molecule has 1 aromatic carbocycles. The number of benzene rings is 1. The summed E-state index contributed by atoms with van der Waals surface area (Å²) < 4.78 is 12.8. The summed E-state index contributed by atoms with van der Waals surface area (Å²) in [5.74, 6) is -0.271. The molecule has 0 aliphatic heterocycles. The van der Waals surface area contributed by atoms with E-state index in [0.717, 1.165) is 31.4 Å². The molecule has 1 aliphatic carbocycles. The standard InChI is InChI=1S/C14H19FN2OS/c1-17(12-4-2-3-5-13(12)18)14(19)16-11-8-6-10(15)7-9-11/h6-9,12-13,18H,2-5H2,1H3,(H,16,19)/t12-,13-/m1/s1. The van der Waals surface area contributed by atoms with Gasteiger partial charge in [-0.2, -0.15) is 0 Å². The number of thiocarbonyl (C=S) groups is 1. The molecule has 0 unspecified atom stereocenters. The van der Waals surface area contributed by atoms with Crippen molar-refractivity contribution in [3.8, 4) is 0 Å². The summed E-state index contributed by atoms with van der Waals surface area (Å²) in [6, 6.07) is 6.13. The fourth-order valence-electron chi connectivity index (χ4n) is 2.44. The van der Waals surface area contributed by atoms with Gasteiger partial charge in [-0.1, -0.05) is 12.8 Å². The molecule has 1 aromatic rings. The zero-order valence-corrected chi connectivity index (χ0v) is 11.8. The van der Waals surface area contributed by atoms with Crippen molar-refractivity contribution in [3.05, 3.63) is 30.1 Å². The lowest BCUT2D eigenvalue weighted by Crippen LogP contribution is -2.47. The van der Waals surface area contributed by atoms with Crippen LogP contribution in [0.15, 0.2) is 24.3 Å². The smallest absolute Gasteiger partial charge is 0.173 e. The maximum Gasteiger partial charge on any atom is 0.173 e. The molecule has 2 atom stereocenters. The lowest BCUT2D eigenvalue weighted by Gasteiger charge is -2.36. The van der Waals surface area contributed by atoms with Gasteiger partial charge in [-0.3, -0.25) is 0 Å².